The number of nitrogens with zero attached hydrogens (tertiary/aromatic N) is 4. The zero-order valence-electron chi connectivity index (χ0n) is 22.5. The molecule has 2 N–H and O–H groups in total. The van der Waals surface area contributed by atoms with Crippen molar-refractivity contribution < 1.29 is 14.4 Å². The third-order valence-electron chi connectivity index (χ3n) is 9.55. The van der Waals surface area contributed by atoms with E-state index in [-0.39, 0.29) is 18.2 Å². The number of imide groups is 1. The molecule has 0 aromatic heterocycles. The van der Waals surface area contributed by atoms with Crippen LogP contribution in [0.15, 0.2) is 24.8 Å². The van der Waals surface area contributed by atoms with E-state index in [0.29, 0.717) is 23.1 Å². The summed E-state index contributed by atoms with van der Waals surface area (Å²) < 4.78 is 0. The normalized spacial score (nSPS) is 30.2. The van der Waals surface area contributed by atoms with E-state index < -0.39 is 11.9 Å². The van der Waals surface area contributed by atoms with Crippen LogP contribution in [0.25, 0.3) is 5.70 Å². The average molecular weight is 521 g/mol. The molecule has 1 unspecified atom stereocenters. The molecule has 1 aliphatic carbocycles. The van der Waals surface area contributed by atoms with Crippen molar-refractivity contribution in [2.45, 2.75) is 50.6 Å². The zero-order valence-corrected chi connectivity index (χ0v) is 22.5. The molecule has 3 saturated heterocycles. The molecule has 204 valence electrons. The first-order chi connectivity index (χ1) is 18.4. The molecule has 1 atom stereocenters. The van der Waals surface area contributed by atoms with Crippen molar-refractivity contribution in [2.24, 2.45) is 5.41 Å². The van der Waals surface area contributed by atoms with Gasteiger partial charge in [0.15, 0.2) is 0 Å². The molecule has 1 aromatic carbocycles. The number of hydrogen-bond donors (Lipinski definition) is 2. The maximum absolute atomic E-state index is 13.3. The van der Waals surface area contributed by atoms with E-state index in [4.69, 9.17) is 0 Å². The number of carbonyl (C=O) groups excluding carboxylic acids is 3. The molecule has 1 saturated carbocycles. The van der Waals surface area contributed by atoms with E-state index >= 15 is 0 Å². The van der Waals surface area contributed by atoms with E-state index in [1.54, 1.807) is 0 Å². The highest BCUT2D eigenvalue weighted by Crippen LogP contribution is 2.48. The van der Waals surface area contributed by atoms with Crippen molar-refractivity contribution >= 4 is 29.1 Å². The number of carbonyl (C=O) groups is 3. The van der Waals surface area contributed by atoms with Gasteiger partial charge in [0.05, 0.1) is 5.56 Å². The van der Waals surface area contributed by atoms with Crippen LogP contribution >= 0.6 is 0 Å². The lowest BCUT2D eigenvalue weighted by atomic mass is 9.65. The van der Waals surface area contributed by atoms with Crippen LogP contribution in [0.1, 0.15) is 54.4 Å². The van der Waals surface area contributed by atoms with Gasteiger partial charge in [-0.15, -0.1) is 0 Å². The molecule has 4 aliphatic heterocycles. The van der Waals surface area contributed by atoms with Gasteiger partial charge < -0.3 is 15.1 Å². The Balaban J connectivity index is 0.989. The zero-order chi connectivity index (χ0) is 26.4. The number of likely N-dealkylation sites (tertiary alicyclic amines) is 1. The van der Waals surface area contributed by atoms with Gasteiger partial charge in [0, 0.05) is 62.1 Å². The second kappa shape index (κ2) is 10.1. The molecular weight excluding hydrogens is 480 g/mol. The summed E-state index contributed by atoms with van der Waals surface area (Å²) in [6.07, 6.45) is 5.84. The van der Waals surface area contributed by atoms with Crippen molar-refractivity contribution in [1.82, 2.24) is 25.3 Å². The molecule has 4 heterocycles. The minimum atomic E-state index is -0.683. The predicted octanol–water partition coefficient (Wildman–Crippen LogP) is 1.50. The van der Waals surface area contributed by atoms with Crippen LogP contribution in [0.3, 0.4) is 0 Å². The second-order valence-electron chi connectivity index (χ2n) is 11.9. The van der Waals surface area contributed by atoms with Crippen LogP contribution in [0.5, 0.6) is 0 Å². The van der Waals surface area contributed by atoms with Gasteiger partial charge in [0.1, 0.15) is 6.04 Å². The third-order valence-corrected chi connectivity index (χ3v) is 9.55. The van der Waals surface area contributed by atoms with Crippen LogP contribution < -0.4 is 15.5 Å². The summed E-state index contributed by atoms with van der Waals surface area (Å²) in [4.78, 5) is 46.3. The van der Waals surface area contributed by atoms with E-state index in [9.17, 15) is 14.4 Å². The molecular formula is C29H40N6O3. The van der Waals surface area contributed by atoms with Crippen molar-refractivity contribution in [3.63, 3.8) is 0 Å². The number of anilines is 1. The van der Waals surface area contributed by atoms with E-state index in [0.717, 1.165) is 50.0 Å². The smallest absolute Gasteiger partial charge is 0.259 e. The van der Waals surface area contributed by atoms with Crippen molar-refractivity contribution in [3.8, 4) is 0 Å². The topological polar surface area (TPSA) is 88.2 Å². The fraction of sp³-hybridized carbons (Fsp3) is 0.621. The molecule has 0 bridgehead atoms. The molecule has 5 aliphatic rings. The Morgan fingerprint density at radius 3 is 2.53 bits per heavy atom. The van der Waals surface area contributed by atoms with Gasteiger partial charge in [-0.3, -0.25) is 29.5 Å². The second-order valence-corrected chi connectivity index (χ2v) is 11.9. The Bertz CT molecular complexity index is 1140. The van der Waals surface area contributed by atoms with Crippen LogP contribution in [0.2, 0.25) is 0 Å². The van der Waals surface area contributed by atoms with Crippen molar-refractivity contribution in [3.05, 3.63) is 35.9 Å². The first-order valence-electron chi connectivity index (χ1n) is 14.2. The summed E-state index contributed by atoms with van der Waals surface area (Å²) >= 11 is 0. The Hall–Kier alpha value is -2.75. The summed E-state index contributed by atoms with van der Waals surface area (Å²) in [7, 11) is 2.09. The molecule has 3 amide bonds. The molecule has 9 heteroatoms. The summed E-state index contributed by atoms with van der Waals surface area (Å²) in [5, 5.41) is 5.78. The maximum atomic E-state index is 13.3. The average Bonchev–Trinajstić information content (AvgIpc) is 3.43. The van der Waals surface area contributed by atoms with E-state index in [1.165, 1.54) is 50.2 Å². The molecule has 1 spiro atoms. The molecule has 6 rings (SSSR count). The standard InChI is InChI=1S/C29H40N6O3/c1-20-23-5-4-22(16-24(23)28(38)35(20)25-6-7-26(36)31-27(25)37)34-14-12-32(13-15-34)9-3-10-33-11-8-29(19-33)17-21(18-29)30-2/h4-5,16,21,25,30H,1,3,6-15,17-19H2,2H3,(H,31,36,37). The van der Waals surface area contributed by atoms with Crippen LogP contribution in [-0.4, -0.2) is 104 Å². The lowest BCUT2D eigenvalue weighted by Crippen LogP contribution is -2.52. The lowest BCUT2D eigenvalue weighted by molar-refractivity contribution is -0.136. The monoisotopic (exact) mass is 520 g/mol. The number of benzene rings is 1. The number of piperidine rings is 1. The highest BCUT2D eigenvalue weighted by Gasteiger charge is 2.47. The van der Waals surface area contributed by atoms with Crippen LogP contribution in [-0.2, 0) is 9.59 Å². The molecule has 4 fully saturated rings. The number of hydrogen-bond acceptors (Lipinski definition) is 7. The molecule has 0 radical (unpaired) electrons. The number of piperazine rings is 1. The SMILES string of the molecule is C=C1c2ccc(N3CCN(CCCN4CCC5(CC(NC)C5)C4)CC3)cc2C(=O)N1C1CCC(=O)NC1=O. The van der Waals surface area contributed by atoms with Gasteiger partial charge in [0.25, 0.3) is 5.91 Å². The molecule has 9 nitrogen and oxygen atoms in total. The predicted molar refractivity (Wildman–Crippen MR) is 147 cm³/mol. The van der Waals surface area contributed by atoms with Gasteiger partial charge in [-0.2, -0.15) is 0 Å². The highest BCUT2D eigenvalue weighted by atomic mass is 16.2. The van der Waals surface area contributed by atoms with E-state index in [2.05, 4.69) is 45.0 Å². The Morgan fingerprint density at radius 2 is 1.79 bits per heavy atom. The van der Waals surface area contributed by atoms with Gasteiger partial charge in [-0.1, -0.05) is 12.6 Å². The quantitative estimate of drug-likeness (QED) is 0.527. The molecule has 1 aromatic rings. The van der Waals surface area contributed by atoms with Gasteiger partial charge in [-0.05, 0) is 76.3 Å². The minimum absolute atomic E-state index is 0.202. The fourth-order valence-corrected chi connectivity index (χ4v) is 7.29. The molecule has 38 heavy (non-hydrogen) atoms. The fourth-order valence-electron chi connectivity index (χ4n) is 7.29. The largest absolute Gasteiger partial charge is 0.369 e. The van der Waals surface area contributed by atoms with E-state index in [1.807, 2.05) is 12.1 Å². The Labute approximate surface area is 225 Å². The summed E-state index contributed by atoms with van der Waals surface area (Å²) in [5.74, 6) is -0.912. The summed E-state index contributed by atoms with van der Waals surface area (Å²) in [5.41, 5.74) is 3.54. The third kappa shape index (κ3) is 4.65. The number of amides is 3. The minimum Gasteiger partial charge on any atom is -0.369 e. The highest BCUT2D eigenvalue weighted by molar-refractivity contribution is 6.13. The Kier molecular flexibility index (Phi) is 6.78. The van der Waals surface area contributed by atoms with Gasteiger partial charge in [-0.25, -0.2) is 0 Å². The number of nitrogens with one attached hydrogen (secondary N) is 2. The van der Waals surface area contributed by atoms with Crippen LogP contribution in [0, 0.1) is 5.41 Å². The first kappa shape index (κ1) is 25.5. The number of rotatable bonds is 7. The summed E-state index contributed by atoms with van der Waals surface area (Å²) in [6, 6.07) is 6.01. The maximum Gasteiger partial charge on any atom is 0.259 e. The lowest BCUT2D eigenvalue weighted by Gasteiger charge is -2.45. The first-order valence-corrected chi connectivity index (χ1v) is 14.2. The number of fused-ring (bicyclic) bond motifs is 1. The van der Waals surface area contributed by atoms with Crippen molar-refractivity contribution in [2.75, 3.05) is 64.3 Å². The van der Waals surface area contributed by atoms with Crippen LogP contribution in [0.4, 0.5) is 5.69 Å². The van der Waals surface area contributed by atoms with Gasteiger partial charge >= 0.3 is 0 Å². The Morgan fingerprint density at radius 1 is 1.03 bits per heavy atom. The summed E-state index contributed by atoms with van der Waals surface area (Å²) in [6.45, 7) is 12.9. The van der Waals surface area contributed by atoms with Crippen molar-refractivity contribution in [1.29, 1.82) is 0 Å². The van der Waals surface area contributed by atoms with Gasteiger partial charge in [0.2, 0.25) is 11.8 Å².